The third-order valence-electron chi connectivity index (χ3n) is 3.84. The van der Waals surface area contributed by atoms with E-state index in [1.165, 1.54) is 0 Å². The average molecular weight is 260 g/mol. The van der Waals surface area contributed by atoms with Crippen LogP contribution in [0.15, 0.2) is 30.3 Å². The van der Waals surface area contributed by atoms with Crippen LogP contribution in [0.4, 0.5) is 0 Å². The van der Waals surface area contributed by atoms with E-state index in [1.807, 2.05) is 41.9 Å². The molecule has 2 heterocycles. The zero-order valence-corrected chi connectivity index (χ0v) is 10.9. The van der Waals surface area contributed by atoms with E-state index in [2.05, 4.69) is 0 Å². The van der Waals surface area contributed by atoms with Gasteiger partial charge in [-0.1, -0.05) is 18.2 Å². The van der Waals surface area contributed by atoms with Crippen LogP contribution in [0.5, 0.6) is 0 Å². The Morgan fingerprint density at radius 2 is 2.11 bits per heavy atom. The maximum Gasteiger partial charge on any atom is 0.311 e. The first-order valence-corrected chi connectivity index (χ1v) is 6.22. The highest BCUT2D eigenvalue weighted by molar-refractivity contribution is 5.82. The van der Waals surface area contributed by atoms with Gasteiger partial charge < -0.3 is 9.67 Å². The van der Waals surface area contributed by atoms with Crippen LogP contribution >= 0.6 is 0 Å². The van der Waals surface area contributed by atoms with Crippen LogP contribution in [-0.4, -0.2) is 34.4 Å². The van der Waals surface area contributed by atoms with Crippen molar-refractivity contribution in [1.29, 1.82) is 0 Å². The molecule has 1 aromatic carbocycles. The Bertz CT molecular complexity index is 635. The Kier molecular flexibility index (Phi) is 2.80. The molecule has 2 aromatic rings. The van der Waals surface area contributed by atoms with Gasteiger partial charge in [0.25, 0.3) is 0 Å². The molecule has 100 valence electrons. The first kappa shape index (κ1) is 12.2. The topological polar surface area (TPSA) is 54.7 Å². The molecule has 0 radical (unpaired) electrons. The van der Waals surface area contributed by atoms with Gasteiger partial charge in [0.05, 0.1) is 12.6 Å². The fourth-order valence-electron chi connectivity index (χ4n) is 2.82. The number of carboxylic acids is 1. The fraction of sp³-hybridized carbons (Fsp3) is 0.357. The van der Waals surface area contributed by atoms with Crippen molar-refractivity contribution in [2.75, 3.05) is 13.7 Å². The molecule has 1 aliphatic rings. The second-order valence-corrected chi connectivity index (χ2v) is 4.92. The zero-order chi connectivity index (χ0) is 13.6. The van der Waals surface area contributed by atoms with E-state index in [0.717, 1.165) is 16.6 Å². The standard InChI is InChI=1S/C14H16N2O3/c1-15-11-6-4-3-5-9(11)7-12(15)13-10(14(17)18)8-19-16(13)2/h3-7,10,13H,8H2,1-2H3,(H,17,18)/t10-,13+/m0/s1. The lowest BCUT2D eigenvalue weighted by Crippen LogP contribution is -2.27. The summed E-state index contributed by atoms with van der Waals surface area (Å²) in [4.78, 5) is 16.7. The van der Waals surface area contributed by atoms with Crippen molar-refractivity contribution in [3.63, 3.8) is 0 Å². The van der Waals surface area contributed by atoms with E-state index in [9.17, 15) is 9.90 Å². The zero-order valence-electron chi connectivity index (χ0n) is 10.9. The number of hydroxylamine groups is 2. The number of benzene rings is 1. The molecular weight excluding hydrogens is 244 g/mol. The molecule has 1 fully saturated rings. The summed E-state index contributed by atoms with van der Waals surface area (Å²) < 4.78 is 2.04. The van der Waals surface area contributed by atoms with Gasteiger partial charge in [-0.3, -0.25) is 9.63 Å². The highest BCUT2D eigenvalue weighted by Crippen LogP contribution is 2.36. The molecular formula is C14H16N2O3. The second kappa shape index (κ2) is 4.36. The molecule has 3 rings (SSSR count). The summed E-state index contributed by atoms with van der Waals surface area (Å²) >= 11 is 0. The summed E-state index contributed by atoms with van der Waals surface area (Å²) in [5, 5.41) is 12.1. The number of aliphatic carboxylic acids is 1. The van der Waals surface area contributed by atoms with E-state index in [4.69, 9.17) is 4.84 Å². The minimum Gasteiger partial charge on any atom is -0.481 e. The first-order valence-electron chi connectivity index (χ1n) is 6.22. The molecule has 0 aliphatic carbocycles. The van der Waals surface area contributed by atoms with Crippen molar-refractivity contribution in [1.82, 2.24) is 9.63 Å². The molecule has 1 aliphatic heterocycles. The molecule has 1 N–H and O–H groups in total. The maximum absolute atomic E-state index is 11.3. The van der Waals surface area contributed by atoms with Gasteiger partial charge in [0, 0.05) is 25.3 Å². The van der Waals surface area contributed by atoms with Gasteiger partial charge in [-0.2, -0.15) is 5.06 Å². The number of carboxylic acid groups (broad SMARTS) is 1. The van der Waals surface area contributed by atoms with E-state index in [0.29, 0.717) is 0 Å². The summed E-state index contributed by atoms with van der Waals surface area (Å²) in [5.74, 6) is -1.35. The highest BCUT2D eigenvalue weighted by atomic mass is 16.7. The van der Waals surface area contributed by atoms with Crippen LogP contribution < -0.4 is 0 Å². The fourth-order valence-corrected chi connectivity index (χ4v) is 2.82. The van der Waals surface area contributed by atoms with E-state index >= 15 is 0 Å². The highest BCUT2D eigenvalue weighted by Gasteiger charge is 2.41. The van der Waals surface area contributed by atoms with Crippen molar-refractivity contribution in [3.8, 4) is 0 Å². The van der Waals surface area contributed by atoms with Crippen molar-refractivity contribution >= 4 is 16.9 Å². The number of aromatic nitrogens is 1. The Hall–Kier alpha value is -1.85. The van der Waals surface area contributed by atoms with Crippen molar-refractivity contribution < 1.29 is 14.7 Å². The Morgan fingerprint density at radius 3 is 2.79 bits per heavy atom. The van der Waals surface area contributed by atoms with Gasteiger partial charge >= 0.3 is 5.97 Å². The molecule has 5 nitrogen and oxygen atoms in total. The molecule has 0 amide bonds. The van der Waals surface area contributed by atoms with Gasteiger partial charge in [-0.25, -0.2) is 0 Å². The minimum atomic E-state index is -0.820. The third kappa shape index (κ3) is 1.82. The van der Waals surface area contributed by atoms with Crippen LogP contribution in [0.2, 0.25) is 0 Å². The molecule has 2 atom stereocenters. The van der Waals surface area contributed by atoms with E-state index in [1.54, 1.807) is 12.1 Å². The number of para-hydroxylation sites is 1. The minimum absolute atomic E-state index is 0.220. The number of rotatable bonds is 2. The molecule has 19 heavy (non-hydrogen) atoms. The third-order valence-corrected chi connectivity index (χ3v) is 3.84. The summed E-state index contributed by atoms with van der Waals surface area (Å²) in [5.41, 5.74) is 2.07. The number of aryl methyl sites for hydroxylation is 1. The summed E-state index contributed by atoms with van der Waals surface area (Å²) in [7, 11) is 3.74. The lowest BCUT2D eigenvalue weighted by atomic mass is 9.99. The summed E-state index contributed by atoms with van der Waals surface area (Å²) in [6.45, 7) is 0.220. The van der Waals surface area contributed by atoms with Gasteiger partial charge in [-0.15, -0.1) is 0 Å². The Balaban J connectivity index is 2.12. The van der Waals surface area contributed by atoms with Crippen LogP contribution in [0.3, 0.4) is 0 Å². The molecule has 5 heteroatoms. The lowest BCUT2D eigenvalue weighted by Gasteiger charge is -2.21. The number of carbonyl (C=O) groups is 1. The molecule has 0 spiro atoms. The van der Waals surface area contributed by atoms with Crippen molar-refractivity contribution in [3.05, 3.63) is 36.0 Å². The second-order valence-electron chi connectivity index (χ2n) is 4.92. The predicted molar refractivity (Wildman–Crippen MR) is 70.5 cm³/mol. The molecule has 0 bridgehead atoms. The van der Waals surface area contributed by atoms with E-state index < -0.39 is 11.9 Å². The smallest absolute Gasteiger partial charge is 0.311 e. The average Bonchev–Trinajstić information content (AvgIpc) is 2.91. The van der Waals surface area contributed by atoms with Crippen molar-refractivity contribution in [2.24, 2.45) is 13.0 Å². The molecule has 0 unspecified atom stereocenters. The van der Waals surface area contributed by atoms with Gasteiger partial charge in [0.1, 0.15) is 5.92 Å². The number of hydrogen-bond acceptors (Lipinski definition) is 3. The summed E-state index contributed by atoms with van der Waals surface area (Å²) in [6, 6.07) is 9.82. The predicted octanol–water partition coefficient (Wildman–Crippen LogP) is 1.80. The largest absolute Gasteiger partial charge is 0.481 e. The van der Waals surface area contributed by atoms with Crippen LogP contribution in [0.1, 0.15) is 11.7 Å². The molecule has 1 saturated heterocycles. The van der Waals surface area contributed by atoms with Gasteiger partial charge in [-0.05, 0) is 17.5 Å². The first-order chi connectivity index (χ1) is 9.09. The normalized spacial score (nSPS) is 24.1. The number of hydrogen-bond donors (Lipinski definition) is 1. The van der Waals surface area contributed by atoms with Crippen LogP contribution in [0, 0.1) is 5.92 Å². The van der Waals surface area contributed by atoms with Gasteiger partial charge in [0.2, 0.25) is 0 Å². The van der Waals surface area contributed by atoms with Crippen LogP contribution in [0.25, 0.3) is 10.9 Å². The SMILES string of the molecule is CN1OC[C@H](C(=O)O)[C@@H]1c1cc2ccccc2n1C. The van der Waals surface area contributed by atoms with E-state index in [-0.39, 0.29) is 12.6 Å². The molecule has 0 saturated carbocycles. The van der Waals surface area contributed by atoms with Crippen LogP contribution in [-0.2, 0) is 16.7 Å². The lowest BCUT2D eigenvalue weighted by molar-refractivity contribution is -0.142. The maximum atomic E-state index is 11.3. The number of nitrogens with zero attached hydrogens (tertiary/aromatic N) is 2. The van der Waals surface area contributed by atoms with Crippen molar-refractivity contribution in [2.45, 2.75) is 6.04 Å². The molecule has 1 aromatic heterocycles. The number of fused-ring (bicyclic) bond motifs is 1. The Labute approximate surface area is 110 Å². The monoisotopic (exact) mass is 260 g/mol. The Morgan fingerprint density at radius 1 is 1.37 bits per heavy atom. The quantitative estimate of drug-likeness (QED) is 0.894. The summed E-state index contributed by atoms with van der Waals surface area (Å²) in [6.07, 6.45) is 0. The van der Waals surface area contributed by atoms with Gasteiger partial charge in [0.15, 0.2) is 0 Å².